The van der Waals surface area contributed by atoms with Gasteiger partial charge < -0.3 is 14.1 Å². The molecular formula is C23H21NO3. The second-order valence-electron chi connectivity index (χ2n) is 7.21. The number of aldehydes is 2. The first kappa shape index (κ1) is 17.4. The van der Waals surface area contributed by atoms with Gasteiger partial charge in [0.1, 0.15) is 12.6 Å². The quantitative estimate of drug-likeness (QED) is 0.575. The number of carbonyl (C=O) groups excluding carboxylic acids is 2. The molecular weight excluding hydrogens is 338 g/mol. The molecule has 0 radical (unpaired) electrons. The van der Waals surface area contributed by atoms with Gasteiger partial charge in [-0.1, -0.05) is 53.7 Å². The average molecular weight is 359 g/mol. The minimum atomic E-state index is -0.232. The van der Waals surface area contributed by atoms with Crippen molar-refractivity contribution < 1.29 is 14.1 Å². The van der Waals surface area contributed by atoms with Crippen LogP contribution in [0, 0.1) is 6.92 Å². The summed E-state index contributed by atoms with van der Waals surface area (Å²) in [6, 6.07) is 16.4. The van der Waals surface area contributed by atoms with Crippen LogP contribution >= 0.6 is 0 Å². The van der Waals surface area contributed by atoms with Gasteiger partial charge in [-0.15, -0.1) is 0 Å². The fourth-order valence-corrected chi connectivity index (χ4v) is 3.53. The highest BCUT2D eigenvalue weighted by Gasteiger charge is 2.44. The predicted molar refractivity (Wildman–Crippen MR) is 103 cm³/mol. The molecule has 0 bridgehead atoms. The van der Waals surface area contributed by atoms with E-state index in [4.69, 9.17) is 4.52 Å². The van der Waals surface area contributed by atoms with Gasteiger partial charge in [-0.3, -0.25) is 0 Å². The van der Waals surface area contributed by atoms with E-state index in [1.807, 2.05) is 19.1 Å². The third kappa shape index (κ3) is 3.23. The number of carbonyl (C=O) groups is 2. The molecule has 1 saturated carbocycles. The normalized spacial score (nSPS) is 14.7. The second kappa shape index (κ2) is 6.95. The molecule has 0 atom stereocenters. The molecule has 0 N–H and O–H groups in total. The van der Waals surface area contributed by atoms with Crippen LogP contribution in [-0.4, -0.2) is 17.7 Å². The van der Waals surface area contributed by atoms with Crippen LogP contribution in [0.4, 0.5) is 0 Å². The number of aromatic nitrogens is 1. The molecule has 0 unspecified atom stereocenters. The van der Waals surface area contributed by atoms with Crippen molar-refractivity contribution in [2.24, 2.45) is 0 Å². The predicted octanol–water partition coefficient (Wildman–Crippen LogP) is 4.68. The highest BCUT2D eigenvalue weighted by Crippen LogP contribution is 2.46. The number of hydrogen-bond acceptors (Lipinski definition) is 4. The standard InChI is InChI=1S/C23H21NO3/c1-16-21(3-2-14-25)22(27-24-16)19-6-4-17(5-7-19)18-8-10-20(11-9-18)23(15-26)12-13-23/h4-11,14-15H,2-3,12-13H2,1H3. The number of aryl methyl sites for hydroxylation is 1. The smallest absolute Gasteiger partial charge is 0.170 e. The van der Waals surface area contributed by atoms with Gasteiger partial charge >= 0.3 is 0 Å². The van der Waals surface area contributed by atoms with Gasteiger partial charge in [-0.25, -0.2) is 0 Å². The zero-order chi connectivity index (χ0) is 18.9. The summed E-state index contributed by atoms with van der Waals surface area (Å²) < 4.78 is 5.50. The summed E-state index contributed by atoms with van der Waals surface area (Å²) in [5.74, 6) is 0.734. The molecule has 4 heteroatoms. The second-order valence-corrected chi connectivity index (χ2v) is 7.21. The topological polar surface area (TPSA) is 60.2 Å². The summed E-state index contributed by atoms with van der Waals surface area (Å²) in [5, 5.41) is 4.05. The van der Waals surface area contributed by atoms with Crippen molar-refractivity contribution in [1.29, 1.82) is 0 Å². The number of nitrogens with zero attached hydrogens (tertiary/aromatic N) is 1. The third-order valence-electron chi connectivity index (χ3n) is 5.45. The molecule has 4 nitrogen and oxygen atoms in total. The zero-order valence-electron chi connectivity index (χ0n) is 15.3. The van der Waals surface area contributed by atoms with Crippen molar-refractivity contribution in [1.82, 2.24) is 5.16 Å². The fourth-order valence-electron chi connectivity index (χ4n) is 3.53. The van der Waals surface area contributed by atoms with E-state index in [9.17, 15) is 9.59 Å². The fraction of sp³-hybridized carbons (Fsp3) is 0.261. The van der Waals surface area contributed by atoms with Crippen molar-refractivity contribution in [2.75, 3.05) is 0 Å². The maximum atomic E-state index is 11.3. The lowest BCUT2D eigenvalue weighted by Crippen LogP contribution is -2.07. The Kier molecular flexibility index (Phi) is 4.48. The maximum absolute atomic E-state index is 11.3. The molecule has 4 rings (SSSR count). The lowest BCUT2D eigenvalue weighted by molar-refractivity contribution is -0.110. The minimum Gasteiger partial charge on any atom is -0.356 e. The Morgan fingerprint density at radius 2 is 1.56 bits per heavy atom. The van der Waals surface area contributed by atoms with Crippen LogP contribution in [-0.2, 0) is 21.4 Å². The molecule has 0 amide bonds. The van der Waals surface area contributed by atoms with Crippen molar-refractivity contribution in [3.8, 4) is 22.5 Å². The number of benzene rings is 2. The van der Waals surface area contributed by atoms with Crippen LogP contribution in [0.1, 0.15) is 36.1 Å². The summed E-state index contributed by atoms with van der Waals surface area (Å²) in [5.41, 5.74) is 5.86. The summed E-state index contributed by atoms with van der Waals surface area (Å²) in [6.45, 7) is 1.90. The molecule has 1 aromatic heterocycles. The van der Waals surface area contributed by atoms with Crippen LogP contribution in [0.2, 0.25) is 0 Å². The van der Waals surface area contributed by atoms with Gasteiger partial charge in [0.25, 0.3) is 0 Å². The van der Waals surface area contributed by atoms with Crippen LogP contribution < -0.4 is 0 Å². The first-order valence-corrected chi connectivity index (χ1v) is 9.23. The van der Waals surface area contributed by atoms with Gasteiger partial charge in [-0.2, -0.15) is 0 Å². The third-order valence-corrected chi connectivity index (χ3v) is 5.45. The first-order valence-electron chi connectivity index (χ1n) is 9.23. The van der Waals surface area contributed by atoms with Crippen LogP contribution in [0.25, 0.3) is 22.5 Å². The van der Waals surface area contributed by atoms with Gasteiger partial charge in [0.05, 0.1) is 11.1 Å². The summed E-state index contributed by atoms with van der Waals surface area (Å²) in [7, 11) is 0. The molecule has 1 heterocycles. The van der Waals surface area contributed by atoms with Crippen molar-refractivity contribution in [2.45, 2.75) is 38.0 Å². The Morgan fingerprint density at radius 1 is 0.963 bits per heavy atom. The van der Waals surface area contributed by atoms with E-state index >= 15 is 0 Å². The van der Waals surface area contributed by atoms with E-state index < -0.39 is 0 Å². The molecule has 2 aromatic carbocycles. The number of rotatable bonds is 7. The van der Waals surface area contributed by atoms with E-state index in [1.54, 1.807) is 0 Å². The van der Waals surface area contributed by atoms with Crippen LogP contribution in [0.3, 0.4) is 0 Å². The highest BCUT2D eigenvalue weighted by molar-refractivity contribution is 5.75. The molecule has 27 heavy (non-hydrogen) atoms. The largest absolute Gasteiger partial charge is 0.356 e. The monoisotopic (exact) mass is 359 g/mol. The molecule has 0 aliphatic heterocycles. The Hall–Kier alpha value is -3.01. The SMILES string of the molecule is Cc1noc(-c2ccc(-c3ccc(C4(C=O)CC4)cc3)cc2)c1CCC=O. The highest BCUT2D eigenvalue weighted by atomic mass is 16.5. The first-order chi connectivity index (χ1) is 13.2. The number of hydrogen-bond donors (Lipinski definition) is 0. The summed E-state index contributed by atoms with van der Waals surface area (Å²) >= 11 is 0. The summed E-state index contributed by atoms with van der Waals surface area (Å²) in [6.07, 6.45) is 5.00. The molecule has 3 aromatic rings. The van der Waals surface area contributed by atoms with Gasteiger partial charge in [0, 0.05) is 17.5 Å². The molecule has 0 spiro atoms. The van der Waals surface area contributed by atoms with E-state index in [2.05, 4.69) is 41.6 Å². The zero-order valence-corrected chi connectivity index (χ0v) is 15.3. The van der Waals surface area contributed by atoms with Crippen LogP contribution in [0.15, 0.2) is 53.1 Å². The Balaban J connectivity index is 1.58. The van der Waals surface area contributed by atoms with E-state index in [0.717, 1.165) is 64.7 Å². The average Bonchev–Trinajstić information content (AvgIpc) is 3.44. The molecule has 1 aliphatic carbocycles. The van der Waals surface area contributed by atoms with Crippen molar-refractivity contribution in [3.63, 3.8) is 0 Å². The van der Waals surface area contributed by atoms with Crippen LogP contribution in [0.5, 0.6) is 0 Å². The lowest BCUT2D eigenvalue weighted by Gasteiger charge is -2.09. The van der Waals surface area contributed by atoms with E-state index in [1.165, 1.54) is 0 Å². The van der Waals surface area contributed by atoms with Gasteiger partial charge in [0.15, 0.2) is 5.76 Å². The van der Waals surface area contributed by atoms with E-state index in [-0.39, 0.29) is 5.41 Å². The van der Waals surface area contributed by atoms with E-state index in [0.29, 0.717) is 12.8 Å². The van der Waals surface area contributed by atoms with Crippen molar-refractivity contribution >= 4 is 12.6 Å². The summed E-state index contributed by atoms with van der Waals surface area (Å²) in [4.78, 5) is 22.0. The maximum Gasteiger partial charge on any atom is 0.170 e. The van der Waals surface area contributed by atoms with Gasteiger partial charge in [0.2, 0.25) is 0 Å². The Morgan fingerprint density at radius 3 is 2.11 bits per heavy atom. The van der Waals surface area contributed by atoms with Gasteiger partial charge in [-0.05, 0) is 42.9 Å². The Labute approximate surface area is 158 Å². The molecule has 0 saturated heterocycles. The van der Waals surface area contributed by atoms with Crippen molar-refractivity contribution in [3.05, 3.63) is 65.4 Å². The molecule has 1 aliphatic rings. The Bertz CT molecular complexity index is 964. The lowest BCUT2D eigenvalue weighted by atomic mass is 9.94. The molecule has 136 valence electrons. The minimum absolute atomic E-state index is 0.232. The molecule has 1 fully saturated rings.